The molecule has 2 nitrogen and oxygen atoms in total. The lowest BCUT2D eigenvalue weighted by molar-refractivity contribution is -0.112. The van der Waals surface area contributed by atoms with Gasteiger partial charge in [-0.25, -0.2) is 0 Å². The number of rotatable bonds is 6. The van der Waals surface area contributed by atoms with E-state index in [0.717, 1.165) is 12.8 Å². The van der Waals surface area contributed by atoms with Gasteiger partial charge in [0.25, 0.3) is 0 Å². The summed E-state index contributed by atoms with van der Waals surface area (Å²) in [4.78, 5) is 11.0. The lowest BCUT2D eigenvalue weighted by Gasteiger charge is -2.12. The highest BCUT2D eigenvalue weighted by molar-refractivity contribution is 5.87. The van der Waals surface area contributed by atoms with Crippen LogP contribution in [-0.4, -0.2) is 10.9 Å². The number of hydrogen-bond donors (Lipinski definition) is 1. The van der Waals surface area contributed by atoms with Gasteiger partial charge >= 0.3 is 0 Å². The first kappa shape index (κ1) is 15.7. The van der Waals surface area contributed by atoms with E-state index in [4.69, 9.17) is 0 Å². The molecular formula is C15H24O2. The number of aliphatic hydroxyl groups excluding tert-OH is 1. The molecule has 0 aromatic heterocycles. The third kappa shape index (κ3) is 8.49. The van der Waals surface area contributed by atoms with Crippen LogP contribution in [-0.2, 0) is 4.79 Å². The van der Waals surface area contributed by atoms with Crippen LogP contribution in [0.3, 0.4) is 0 Å². The molecule has 0 fully saturated rings. The second-order valence-electron chi connectivity index (χ2n) is 4.91. The molecule has 0 spiro atoms. The zero-order valence-corrected chi connectivity index (χ0v) is 11.6. The topological polar surface area (TPSA) is 37.3 Å². The predicted molar refractivity (Wildman–Crippen MR) is 73.0 cm³/mol. The molecule has 17 heavy (non-hydrogen) atoms. The molecule has 96 valence electrons. The van der Waals surface area contributed by atoms with Gasteiger partial charge in [-0.05, 0) is 47.5 Å². The molecule has 0 saturated heterocycles. The van der Waals surface area contributed by atoms with E-state index in [0.29, 0.717) is 0 Å². The SMILES string of the molecule is CC(=O)/C=C(\O)C(CC=C(C)C)CC=C(C)C. The number of carbonyl (C=O) groups excluding carboxylic acids is 1. The van der Waals surface area contributed by atoms with Crippen LogP contribution in [0.5, 0.6) is 0 Å². The molecule has 0 radical (unpaired) electrons. The van der Waals surface area contributed by atoms with Gasteiger partial charge in [-0.1, -0.05) is 23.3 Å². The van der Waals surface area contributed by atoms with Crippen LogP contribution in [0.4, 0.5) is 0 Å². The Hall–Kier alpha value is -1.31. The van der Waals surface area contributed by atoms with E-state index in [-0.39, 0.29) is 17.5 Å². The zero-order chi connectivity index (χ0) is 13.4. The van der Waals surface area contributed by atoms with E-state index in [1.54, 1.807) is 0 Å². The molecule has 2 heteroatoms. The van der Waals surface area contributed by atoms with Crippen LogP contribution in [0.1, 0.15) is 47.5 Å². The van der Waals surface area contributed by atoms with Gasteiger partial charge in [0.1, 0.15) is 0 Å². The zero-order valence-electron chi connectivity index (χ0n) is 11.6. The van der Waals surface area contributed by atoms with Gasteiger partial charge in [-0.2, -0.15) is 0 Å². The Kier molecular flexibility index (Phi) is 7.27. The molecule has 0 heterocycles. The van der Waals surface area contributed by atoms with Crippen LogP contribution < -0.4 is 0 Å². The van der Waals surface area contributed by atoms with Crippen molar-refractivity contribution in [2.75, 3.05) is 0 Å². The minimum atomic E-state index is -0.109. The number of allylic oxidation sites excluding steroid dienone is 6. The van der Waals surface area contributed by atoms with Crippen LogP contribution >= 0.6 is 0 Å². The first-order valence-electron chi connectivity index (χ1n) is 6.00. The Bertz CT molecular complexity index is 318. The molecule has 0 aliphatic carbocycles. The molecule has 0 bridgehead atoms. The summed E-state index contributed by atoms with van der Waals surface area (Å²) in [5.41, 5.74) is 2.45. The Morgan fingerprint density at radius 2 is 1.41 bits per heavy atom. The van der Waals surface area contributed by atoms with Crippen molar-refractivity contribution in [3.63, 3.8) is 0 Å². The van der Waals surface area contributed by atoms with Crippen LogP contribution in [0.15, 0.2) is 35.1 Å². The van der Waals surface area contributed by atoms with Crippen molar-refractivity contribution >= 4 is 5.78 Å². The second kappa shape index (κ2) is 7.88. The second-order valence-corrected chi connectivity index (χ2v) is 4.91. The minimum Gasteiger partial charge on any atom is -0.512 e. The monoisotopic (exact) mass is 236 g/mol. The van der Waals surface area contributed by atoms with E-state index in [1.807, 2.05) is 27.7 Å². The fraction of sp³-hybridized carbons (Fsp3) is 0.533. The summed E-state index contributed by atoms with van der Waals surface area (Å²) in [5, 5.41) is 9.89. The molecule has 0 aliphatic rings. The van der Waals surface area contributed by atoms with Crippen LogP contribution in [0, 0.1) is 5.92 Å². The Balaban J connectivity index is 4.78. The quantitative estimate of drug-likeness (QED) is 0.423. The molecule has 0 aromatic carbocycles. The highest BCUT2D eigenvalue weighted by Crippen LogP contribution is 2.20. The van der Waals surface area contributed by atoms with Crippen molar-refractivity contribution in [2.24, 2.45) is 5.92 Å². The summed E-state index contributed by atoms with van der Waals surface area (Å²) < 4.78 is 0. The van der Waals surface area contributed by atoms with E-state index in [1.165, 1.54) is 24.1 Å². The molecule has 0 atom stereocenters. The number of hydrogen-bond acceptors (Lipinski definition) is 2. The van der Waals surface area contributed by atoms with Crippen molar-refractivity contribution in [2.45, 2.75) is 47.5 Å². The van der Waals surface area contributed by atoms with E-state index >= 15 is 0 Å². The Labute approximate surface area is 105 Å². The number of carbonyl (C=O) groups is 1. The van der Waals surface area contributed by atoms with Gasteiger partial charge in [-0.3, -0.25) is 4.79 Å². The average Bonchev–Trinajstić information content (AvgIpc) is 2.15. The summed E-state index contributed by atoms with van der Waals surface area (Å²) >= 11 is 0. The molecule has 0 amide bonds. The van der Waals surface area contributed by atoms with Crippen LogP contribution in [0.25, 0.3) is 0 Å². The Morgan fingerprint density at radius 1 is 1.00 bits per heavy atom. The molecule has 0 rings (SSSR count). The fourth-order valence-electron chi connectivity index (χ4n) is 1.42. The first-order valence-corrected chi connectivity index (χ1v) is 6.00. The lowest BCUT2D eigenvalue weighted by Crippen LogP contribution is -2.04. The number of aliphatic hydroxyl groups is 1. The van der Waals surface area contributed by atoms with Crippen molar-refractivity contribution in [3.05, 3.63) is 35.1 Å². The number of ketones is 1. The van der Waals surface area contributed by atoms with Crippen molar-refractivity contribution in [3.8, 4) is 0 Å². The molecule has 0 aliphatic heterocycles. The molecule has 0 aromatic rings. The van der Waals surface area contributed by atoms with Crippen LogP contribution in [0.2, 0.25) is 0 Å². The smallest absolute Gasteiger partial charge is 0.155 e. The van der Waals surface area contributed by atoms with Crippen molar-refractivity contribution in [1.29, 1.82) is 0 Å². The third-order valence-electron chi connectivity index (χ3n) is 2.39. The van der Waals surface area contributed by atoms with Gasteiger partial charge in [0.2, 0.25) is 0 Å². The highest BCUT2D eigenvalue weighted by Gasteiger charge is 2.11. The van der Waals surface area contributed by atoms with Gasteiger partial charge in [0, 0.05) is 12.0 Å². The van der Waals surface area contributed by atoms with Crippen molar-refractivity contribution < 1.29 is 9.90 Å². The summed E-state index contributed by atoms with van der Waals surface area (Å²) in [6.45, 7) is 9.58. The first-order chi connectivity index (χ1) is 7.82. The van der Waals surface area contributed by atoms with E-state index in [9.17, 15) is 9.90 Å². The fourth-order valence-corrected chi connectivity index (χ4v) is 1.42. The average molecular weight is 236 g/mol. The van der Waals surface area contributed by atoms with Gasteiger partial charge in [-0.15, -0.1) is 0 Å². The van der Waals surface area contributed by atoms with Crippen molar-refractivity contribution in [1.82, 2.24) is 0 Å². The molecule has 0 saturated carbocycles. The maximum Gasteiger partial charge on any atom is 0.155 e. The molecule has 0 unspecified atom stereocenters. The molecule has 1 N–H and O–H groups in total. The normalized spacial score (nSPS) is 11.3. The summed E-state index contributed by atoms with van der Waals surface area (Å²) in [5.74, 6) is 0.0816. The third-order valence-corrected chi connectivity index (χ3v) is 2.39. The van der Waals surface area contributed by atoms with Gasteiger partial charge < -0.3 is 5.11 Å². The van der Waals surface area contributed by atoms with Gasteiger partial charge in [0.15, 0.2) is 5.78 Å². The Morgan fingerprint density at radius 3 is 1.71 bits per heavy atom. The standard InChI is InChI=1S/C15H24O2/c1-11(2)6-8-14(9-7-12(3)4)15(17)10-13(5)16/h6-7,10,14,17H,8-9H2,1-5H3/b15-10-. The minimum absolute atomic E-state index is 0.00343. The highest BCUT2D eigenvalue weighted by atomic mass is 16.3. The molecular weight excluding hydrogens is 212 g/mol. The summed E-state index contributed by atoms with van der Waals surface area (Å²) in [7, 11) is 0. The summed E-state index contributed by atoms with van der Waals surface area (Å²) in [6.07, 6.45) is 7.03. The largest absolute Gasteiger partial charge is 0.512 e. The maximum atomic E-state index is 11.0. The van der Waals surface area contributed by atoms with Gasteiger partial charge in [0.05, 0.1) is 5.76 Å². The predicted octanol–water partition coefficient (Wildman–Crippen LogP) is 4.35. The lowest BCUT2D eigenvalue weighted by atomic mass is 9.96. The maximum absolute atomic E-state index is 11.0. The van der Waals surface area contributed by atoms with E-state index < -0.39 is 0 Å². The summed E-state index contributed by atoms with van der Waals surface area (Å²) in [6, 6.07) is 0. The van der Waals surface area contributed by atoms with E-state index in [2.05, 4.69) is 12.2 Å².